The molecule has 1 aromatic carbocycles. The predicted octanol–water partition coefficient (Wildman–Crippen LogP) is 2.02. The number of hydrazine groups is 1. The Balaban J connectivity index is 1.37. The summed E-state index contributed by atoms with van der Waals surface area (Å²) in [4.78, 5) is 34.9. The minimum absolute atomic E-state index is 0.0684. The van der Waals surface area contributed by atoms with Gasteiger partial charge in [-0.15, -0.1) is 0 Å². The molecule has 0 saturated carbocycles. The Bertz CT molecular complexity index is 1240. The molecule has 2 amide bonds. The summed E-state index contributed by atoms with van der Waals surface area (Å²) in [7, 11) is -0.300. The van der Waals surface area contributed by atoms with Crippen LogP contribution < -0.4 is 21.1 Å². The first kappa shape index (κ1) is 24.4. The molecule has 4 aliphatic heterocycles. The number of allylic oxidation sites excluding steroid dienone is 2. The summed E-state index contributed by atoms with van der Waals surface area (Å²) < 4.78 is 5.34. The van der Waals surface area contributed by atoms with E-state index in [4.69, 9.17) is 16.3 Å². The fourth-order valence-electron chi connectivity index (χ4n) is 5.19. The summed E-state index contributed by atoms with van der Waals surface area (Å²) in [6, 6.07) is 6.84. The second kappa shape index (κ2) is 10.1. The zero-order valence-electron chi connectivity index (χ0n) is 19.4. The molecule has 3 atom stereocenters. The Hall–Kier alpha value is -1.99. The first-order valence-corrected chi connectivity index (χ1v) is 15.3. The number of hydrogen-bond donors (Lipinski definition) is 3. The zero-order chi connectivity index (χ0) is 24.8. The quantitative estimate of drug-likeness (QED) is 0.461. The number of nitrogens with one attached hydrogen (secondary N) is 3. The van der Waals surface area contributed by atoms with E-state index in [1.54, 1.807) is 4.90 Å². The maximum atomic E-state index is 13.8. The van der Waals surface area contributed by atoms with Gasteiger partial charge in [-0.2, -0.15) is 0 Å². The van der Waals surface area contributed by atoms with Crippen molar-refractivity contribution >= 4 is 57.8 Å². The third kappa shape index (κ3) is 4.16. The topological polar surface area (TPSA) is 89.2 Å². The molecule has 0 radical (unpaired) electrons. The van der Waals surface area contributed by atoms with Crippen LogP contribution >= 0.6 is 35.3 Å². The van der Waals surface area contributed by atoms with Gasteiger partial charge in [0.05, 0.1) is 42.1 Å². The van der Waals surface area contributed by atoms with Gasteiger partial charge in [0.1, 0.15) is 12.2 Å². The predicted molar refractivity (Wildman–Crippen MR) is 145 cm³/mol. The van der Waals surface area contributed by atoms with Crippen molar-refractivity contribution in [2.24, 2.45) is 0 Å². The number of rotatable bonds is 4. The van der Waals surface area contributed by atoms with Crippen LogP contribution in [0.3, 0.4) is 0 Å². The molecule has 12 heteroatoms. The molecule has 36 heavy (non-hydrogen) atoms. The first-order valence-electron chi connectivity index (χ1n) is 11.9. The lowest BCUT2D eigenvalue weighted by atomic mass is 10.1. The van der Waals surface area contributed by atoms with Gasteiger partial charge >= 0.3 is 0 Å². The van der Waals surface area contributed by atoms with Crippen LogP contribution in [0, 0.1) is 0 Å². The maximum Gasteiger partial charge on any atom is 0.246 e. The van der Waals surface area contributed by atoms with Crippen LogP contribution in [0.1, 0.15) is 6.42 Å². The number of benzene rings is 1. The highest BCUT2D eigenvalue weighted by Gasteiger charge is 2.47. The van der Waals surface area contributed by atoms with E-state index in [1.807, 2.05) is 29.2 Å². The lowest BCUT2D eigenvalue weighted by Crippen LogP contribution is -2.60. The minimum Gasteiger partial charge on any atom is -0.378 e. The van der Waals surface area contributed by atoms with Gasteiger partial charge in [0.15, 0.2) is 0 Å². The monoisotopic (exact) mass is 592 g/mol. The third-order valence-corrected chi connectivity index (χ3v) is 10.8. The van der Waals surface area contributed by atoms with E-state index < -0.39 is 6.04 Å². The second-order valence-electron chi connectivity index (χ2n) is 8.96. The van der Waals surface area contributed by atoms with Gasteiger partial charge in [0.2, 0.25) is 11.8 Å². The van der Waals surface area contributed by atoms with E-state index in [0.29, 0.717) is 38.0 Å². The van der Waals surface area contributed by atoms with Crippen LogP contribution in [0.2, 0.25) is 5.02 Å². The van der Waals surface area contributed by atoms with Crippen LogP contribution in [-0.4, -0.2) is 78.3 Å². The van der Waals surface area contributed by atoms with Gasteiger partial charge in [-0.05, 0) is 38.9 Å². The average Bonchev–Trinajstić information content (AvgIpc) is 3.60. The minimum atomic E-state index is -0.689. The summed E-state index contributed by atoms with van der Waals surface area (Å²) in [5.74, 6) is -0.370. The van der Waals surface area contributed by atoms with Crippen LogP contribution in [-0.2, 0) is 14.3 Å². The van der Waals surface area contributed by atoms with E-state index in [9.17, 15) is 9.59 Å². The van der Waals surface area contributed by atoms with Crippen molar-refractivity contribution in [3.8, 4) is 0 Å². The van der Waals surface area contributed by atoms with E-state index in [2.05, 4.69) is 54.2 Å². The second-order valence-corrected chi connectivity index (χ2v) is 12.7. The van der Waals surface area contributed by atoms with E-state index in [-0.39, 0.29) is 33.4 Å². The fourth-order valence-corrected chi connectivity index (χ4v) is 9.00. The molecule has 6 rings (SSSR count). The molecule has 9 nitrogen and oxygen atoms in total. The van der Waals surface area contributed by atoms with Crippen LogP contribution in [0.5, 0.6) is 0 Å². The number of morpholine rings is 1. The smallest absolute Gasteiger partial charge is 0.246 e. The third-order valence-electron chi connectivity index (χ3n) is 6.95. The van der Waals surface area contributed by atoms with Gasteiger partial charge in [0.25, 0.3) is 0 Å². The molecule has 0 bridgehead atoms. The summed E-state index contributed by atoms with van der Waals surface area (Å²) in [6.07, 6.45) is 6.87. The lowest BCUT2D eigenvalue weighted by Gasteiger charge is -2.35. The molecule has 1 aliphatic carbocycles. The summed E-state index contributed by atoms with van der Waals surface area (Å²) in [5, 5.41) is 3.46. The summed E-state index contributed by atoms with van der Waals surface area (Å²) in [6.45, 7) is 2.58. The largest absolute Gasteiger partial charge is 0.378 e. The maximum absolute atomic E-state index is 13.8. The molecule has 190 valence electrons. The number of anilines is 1. The van der Waals surface area contributed by atoms with Crippen molar-refractivity contribution < 1.29 is 14.3 Å². The highest BCUT2D eigenvalue weighted by Crippen LogP contribution is 2.52. The fraction of sp³-hybridized carbons (Fsp3) is 0.375. The molecular weight excluding hydrogens is 568 g/mol. The number of carbonyl (C=O) groups is 2. The van der Waals surface area contributed by atoms with Crippen molar-refractivity contribution in [2.45, 2.75) is 18.6 Å². The van der Waals surface area contributed by atoms with Gasteiger partial charge in [-0.3, -0.25) is 9.59 Å². The highest BCUT2D eigenvalue weighted by molar-refractivity contribution is 9.53. The van der Waals surface area contributed by atoms with E-state index in [1.165, 1.54) is 10.5 Å². The molecule has 3 N–H and O–H groups in total. The molecule has 2 saturated heterocycles. The normalized spacial score (nSPS) is 27.6. The Morgan fingerprint density at radius 2 is 2.06 bits per heavy atom. The SMILES string of the molecule is O=C(NCC(=O)N1CCOCC1)C1C2NNCN2C2=S(Br)C3=C(CC=C3)C2=CN1c1ccccc1Cl. The number of para-hydroxylation sites is 1. The van der Waals surface area contributed by atoms with Gasteiger partial charge < -0.3 is 19.9 Å². The Morgan fingerprint density at radius 3 is 2.86 bits per heavy atom. The number of carbonyl (C=O) groups excluding carboxylic acids is 2. The Kier molecular flexibility index (Phi) is 6.80. The van der Waals surface area contributed by atoms with Crippen LogP contribution in [0.15, 0.2) is 58.7 Å². The zero-order valence-corrected chi connectivity index (χ0v) is 22.5. The van der Waals surface area contributed by atoms with Crippen LogP contribution in [0.25, 0.3) is 0 Å². The number of halogens is 2. The number of fused-ring (bicyclic) bond motifs is 4. The molecule has 5 aliphatic rings. The molecule has 0 spiro atoms. The number of hydrogen-bond acceptors (Lipinski definition) is 7. The van der Waals surface area contributed by atoms with E-state index >= 15 is 0 Å². The molecule has 2 fully saturated rings. The molecular formula is C24H26BrClN6O3S. The lowest BCUT2D eigenvalue weighted by molar-refractivity contribution is -0.136. The van der Waals surface area contributed by atoms with Crippen LogP contribution in [0.4, 0.5) is 5.69 Å². The summed E-state index contributed by atoms with van der Waals surface area (Å²) in [5.41, 5.74) is 9.63. The molecule has 0 aromatic heterocycles. The van der Waals surface area contributed by atoms with E-state index in [0.717, 1.165) is 22.7 Å². The van der Waals surface area contributed by atoms with Crippen molar-refractivity contribution in [2.75, 3.05) is 44.4 Å². The van der Waals surface area contributed by atoms with Crippen molar-refractivity contribution in [1.29, 1.82) is 0 Å². The molecule has 1 aromatic rings. The van der Waals surface area contributed by atoms with Gasteiger partial charge in [-0.1, -0.05) is 44.8 Å². The highest BCUT2D eigenvalue weighted by atomic mass is 79.9. The van der Waals surface area contributed by atoms with Crippen molar-refractivity contribution in [3.63, 3.8) is 0 Å². The number of nitrogens with zero attached hydrogens (tertiary/aromatic N) is 3. The van der Waals surface area contributed by atoms with Crippen molar-refractivity contribution in [1.82, 2.24) is 26.0 Å². The van der Waals surface area contributed by atoms with Gasteiger partial charge in [-0.25, -0.2) is 15.8 Å². The average molecular weight is 594 g/mol. The standard InChI is InChI=1S/C24H26BrClN6O3S/c25-36-19-7-3-4-15(19)16-13-31(18-6-2-1-5-17(18)26)21(22-29-28-14-32(22)24(16)36)23(34)27-12-20(33)30-8-10-35-11-9-30/h1-3,5-7,13,21-22,28-29H,4,8-12,14H2,(H,27,34). The number of amides is 2. The first-order chi connectivity index (χ1) is 17.5. The van der Waals surface area contributed by atoms with Crippen molar-refractivity contribution in [3.05, 3.63) is 63.7 Å². The summed E-state index contributed by atoms with van der Waals surface area (Å²) >= 11 is 10.6. The molecule has 3 unspecified atom stereocenters. The Morgan fingerprint density at radius 1 is 1.25 bits per heavy atom. The Labute approximate surface area is 224 Å². The van der Waals surface area contributed by atoms with Gasteiger partial charge in [0, 0.05) is 29.8 Å². The number of ether oxygens (including phenoxy) is 1. The molecule has 4 heterocycles.